The third kappa shape index (κ3) is 3.70. The lowest BCUT2D eigenvalue weighted by atomic mass is 10.0. The van der Waals surface area contributed by atoms with Crippen molar-refractivity contribution in [2.75, 3.05) is 0 Å². The number of Topliss-reactive ketones (excluding diaryl/α,β-unsaturated/α-hetero) is 1. The first-order valence-corrected chi connectivity index (χ1v) is 6.48. The standard InChI is InChI=1S/C16H15F2NO/c1-2-11-3-6-14(19-10-11)9-15(20)7-12-4-5-13(17)8-16(12)18/h3-6,8,10H,2,7,9H2,1H3. The predicted octanol–water partition coefficient (Wildman–Crippen LogP) is 3.28. The highest BCUT2D eigenvalue weighted by Gasteiger charge is 2.10. The number of halogens is 2. The maximum absolute atomic E-state index is 13.4. The highest BCUT2D eigenvalue weighted by Crippen LogP contribution is 2.11. The van der Waals surface area contributed by atoms with E-state index in [2.05, 4.69) is 4.98 Å². The number of nitrogens with zero attached hydrogens (tertiary/aromatic N) is 1. The van der Waals surface area contributed by atoms with Gasteiger partial charge in [0.25, 0.3) is 0 Å². The third-order valence-electron chi connectivity index (χ3n) is 3.08. The van der Waals surface area contributed by atoms with Crippen LogP contribution in [-0.2, 0) is 24.1 Å². The van der Waals surface area contributed by atoms with Crippen molar-refractivity contribution in [3.05, 3.63) is 65.0 Å². The third-order valence-corrected chi connectivity index (χ3v) is 3.08. The van der Waals surface area contributed by atoms with Crippen molar-refractivity contribution < 1.29 is 13.6 Å². The van der Waals surface area contributed by atoms with E-state index in [0.29, 0.717) is 5.69 Å². The minimum atomic E-state index is -0.687. The molecule has 4 heteroatoms. The van der Waals surface area contributed by atoms with E-state index in [1.165, 1.54) is 6.07 Å². The molecular formula is C16H15F2NO. The average Bonchev–Trinajstić information content (AvgIpc) is 2.43. The van der Waals surface area contributed by atoms with E-state index in [4.69, 9.17) is 0 Å². The average molecular weight is 275 g/mol. The van der Waals surface area contributed by atoms with Crippen LogP contribution in [0, 0.1) is 11.6 Å². The Balaban J connectivity index is 2.01. The summed E-state index contributed by atoms with van der Waals surface area (Å²) in [4.78, 5) is 16.1. The van der Waals surface area contributed by atoms with Gasteiger partial charge in [-0.2, -0.15) is 0 Å². The molecule has 1 heterocycles. The van der Waals surface area contributed by atoms with Crippen LogP contribution >= 0.6 is 0 Å². The number of benzene rings is 1. The molecule has 2 nitrogen and oxygen atoms in total. The minimum Gasteiger partial charge on any atom is -0.299 e. The lowest BCUT2D eigenvalue weighted by Gasteiger charge is -2.04. The Labute approximate surface area is 116 Å². The van der Waals surface area contributed by atoms with Crippen LogP contribution in [0.5, 0.6) is 0 Å². The second-order valence-electron chi connectivity index (χ2n) is 4.64. The van der Waals surface area contributed by atoms with Gasteiger partial charge in [-0.1, -0.05) is 19.1 Å². The first-order chi connectivity index (χ1) is 9.58. The molecule has 0 saturated carbocycles. The maximum atomic E-state index is 13.4. The second-order valence-corrected chi connectivity index (χ2v) is 4.64. The van der Waals surface area contributed by atoms with Gasteiger partial charge in [0, 0.05) is 30.8 Å². The molecule has 0 radical (unpaired) electrons. The number of pyridine rings is 1. The summed E-state index contributed by atoms with van der Waals surface area (Å²) >= 11 is 0. The fourth-order valence-electron chi connectivity index (χ4n) is 1.91. The van der Waals surface area contributed by atoms with Crippen LogP contribution in [0.15, 0.2) is 36.5 Å². The molecular weight excluding hydrogens is 260 g/mol. The Bertz CT molecular complexity index is 608. The normalized spacial score (nSPS) is 10.6. The highest BCUT2D eigenvalue weighted by atomic mass is 19.1. The molecule has 0 aliphatic rings. The van der Waals surface area contributed by atoms with Crippen LogP contribution in [0.2, 0.25) is 0 Å². The molecule has 2 rings (SSSR count). The van der Waals surface area contributed by atoms with Gasteiger partial charge < -0.3 is 0 Å². The zero-order valence-corrected chi connectivity index (χ0v) is 11.2. The minimum absolute atomic E-state index is 0.0523. The van der Waals surface area contributed by atoms with Crippen LogP contribution in [0.3, 0.4) is 0 Å². The first kappa shape index (κ1) is 14.3. The van der Waals surface area contributed by atoms with Gasteiger partial charge in [-0.3, -0.25) is 9.78 Å². The lowest BCUT2D eigenvalue weighted by molar-refractivity contribution is -0.117. The summed E-state index contributed by atoms with van der Waals surface area (Å²) in [6, 6.07) is 6.97. The topological polar surface area (TPSA) is 30.0 Å². The van der Waals surface area contributed by atoms with Gasteiger partial charge >= 0.3 is 0 Å². The number of aromatic nitrogens is 1. The number of carbonyl (C=O) groups is 1. The number of aryl methyl sites for hydroxylation is 1. The molecule has 0 aliphatic heterocycles. The summed E-state index contributed by atoms with van der Waals surface area (Å²) in [5.41, 5.74) is 1.97. The summed E-state index contributed by atoms with van der Waals surface area (Å²) in [5, 5.41) is 0. The number of ketones is 1. The Morgan fingerprint density at radius 3 is 2.55 bits per heavy atom. The molecule has 20 heavy (non-hydrogen) atoms. The van der Waals surface area contributed by atoms with Gasteiger partial charge in [0.15, 0.2) is 0 Å². The van der Waals surface area contributed by atoms with Gasteiger partial charge in [0.2, 0.25) is 0 Å². The largest absolute Gasteiger partial charge is 0.299 e. The van der Waals surface area contributed by atoms with E-state index in [1.54, 1.807) is 12.3 Å². The SMILES string of the molecule is CCc1ccc(CC(=O)Cc2ccc(F)cc2F)nc1. The molecule has 0 bridgehead atoms. The lowest BCUT2D eigenvalue weighted by Crippen LogP contribution is -2.09. The Morgan fingerprint density at radius 2 is 1.95 bits per heavy atom. The Morgan fingerprint density at radius 1 is 1.15 bits per heavy atom. The van der Waals surface area contributed by atoms with Crippen LogP contribution < -0.4 is 0 Å². The molecule has 1 aromatic heterocycles. The van der Waals surface area contributed by atoms with Gasteiger partial charge in [-0.15, -0.1) is 0 Å². The summed E-state index contributed by atoms with van der Waals surface area (Å²) in [6.45, 7) is 2.03. The molecule has 0 unspecified atom stereocenters. The van der Waals surface area contributed by atoms with Crippen molar-refractivity contribution in [3.63, 3.8) is 0 Å². The monoisotopic (exact) mass is 275 g/mol. The van der Waals surface area contributed by atoms with Gasteiger partial charge in [-0.05, 0) is 29.7 Å². The maximum Gasteiger partial charge on any atom is 0.143 e. The van der Waals surface area contributed by atoms with E-state index in [-0.39, 0.29) is 24.2 Å². The summed E-state index contributed by atoms with van der Waals surface area (Å²) < 4.78 is 26.2. The van der Waals surface area contributed by atoms with Crippen molar-refractivity contribution in [1.29, 1.82) is 0 Å². The van der Waals surface area contributed by atoms with Crippen LogP contribution in [-0.4, -0.2) is 10.8 Å². The second kappa shape index (κ2) is 6.37. The van der Waals surface area contributed by atoms with E-state index >= 15 is 0 Å². The predicted molar refractivity (Wildman–Crippen MR) is 72.4 cm³/mol. The highest BCUT2D eigenvalue weighted by molar-refractivity contribution is 5.82. The fraction of sp³-hybridized carbons (Fsp3) is 0.250. The van der Waals surface area contributed by atoms with Crippen molar-refractivity contribution in [3.8, 4) is 0 Å². The molecule has 0 atom stereocenters. The molecule has 104 valence electrons. The number of hydrogen-bond acceptors (Lipinski definition) is 2. The molecule has 2 aromatic rings. The molecule has 0 N–H and O–H groups in total. The summed E-state index contributed by atoms with van der Waals surface area (Å²) in [5.74, 6) is -1.48. The van der Waals surface area contributed by atoms with E-state index < -0.39 is 11.6 Å². The summed E-state index contributed by atoms with van der Waals surface area (Å²) in [6.07, 6.45) is 2.73. The van der Waals surface area contributed by atoms with Gasteiger partial charge in [0.05, 0.1) is 0 Å². The van der Waals surface area contributed by atoms with E-state index in [1.807, 2.05) is 13.0 Å². The van der Waals surface area contributed by atoms with Gasteiger partial charge in [-0.25, -0.2) is 8.78 Å². The van der Waals surface area contributed by atoms with Crippen LogP contribution in [0.1, 0.15) is 23.7 Å². The van der Waals surface area contributed by atoms with Gasteiger partial charge in [0.1, 0.15) is 17.4 Å². The van der Waals surface area contributed by atoms with E-state index in [0.717, 1.165) is 24.1 Å². The molecule has 0 aliphatic carbocycles. The van der Waals surface area contributed by atoms with Crippen LogP contribution in [0.4, 0.5) is 8.78 Å². The zero-order valence-electron chi connectivity index (χ0n) is 11.2. The van der Waals surface area contributed by atoms with E-state index in [9.17, 15) is 13.6 Å². The van der Waals surface area contributed by atoms with Crippen molar-refractivity contribution in [1.82, 2.24) is 4.98 Å². The number of rotatable bonds is 5. The quantitative estimate of drug-likeness (QED) is 0.838. The smallest absolute Gasteiger partial charge is 0.143 e. The molecule has 0 saturated heterocycles. The van der Waals surface area contributed by atoms with Crippen molar-refractivity contribution in [2.45, 2.75) is 26.2 Å². The van der Waals surface area contributed by atoms with Crippen LogP contribution in [0.25, 0.3) is 0 Å². The zero-order chi connectivity index (χ0) is 14.5. The van der Waals surface area contributed by atoms with Crippen molar-refractivity contribution in [2.24, 2.45) is 0 Å². The number of carbonyl (C=O) groups excluding carboxylic acids is 1. The first-order valence-electron chi connectivity index (χ1n) is 6.48. The molecule has 0 spiro atoms. The molecule has 1 aromatic carbocycles. The van der Waals surface area contributed by atoms with Crippen molar-refractivity contribution >= 4 is 5.78 Å². The molecule has 0 fully saturated rings. The Kier molecular flexibility index (Phi) is 4.56. The molecule has 0 amide bonds. The summed E-state index contributed by atoms with van der Waals surface area (Å²) in [7, 11) is 0. The number of hydrogen-bond donors (Lipinski definition) is 0. The Hall–Kier alpha value is -2.10. The fourth-order valence-corrected chi connectivity index (χ4v) is 1.91.